The van der Waals surface area contributed by atoms with Gasteiger partial charge in [0.1, 0.15) is 11.3 Å². The number of ether oxygens (including phenoxy) is 1. The Morgan fingerprint density at radius 1 is 1.11 bits per heavy atom. The summed E-state index contributed by atoms with van der Waals surface area (Å²) in [5, 5.41) is 11.0. The van der Waals surface area contributed by atoms with E-state index in [0.29, 0.717) is 11.3 Å². The van der Waals surface area contributed by atoms with Crippen LogP contribution in [0.15, 0.2) is 54.1 Å². The lowest BCUT2D eigenvalue weighted by Crippen LogP contribution is -2.54. The molecule has 0 spiro atoms. The van der Waals surface area contributed by atoms with Crippen LogP contribution >= 0.6 is 0 Å². The minimum atomic E-state index is -1.09. The van der Waals surface area contributed by atoms with Crippen LogP contribution in [0.25, 0.3) is 6.08 Å². The van der Waals surface area contributed by atoms with Crippen molar-refractivity contribution in [1.29, 1.82) is 0 Å². The Hall–Kier alpha value is -3.94. The Balaban J connectivity index is 1.97. The summed E-state index contributed by atoms with van der Waals surface area (Å²) < 4.78 is 5.09. The van der Waals surface area contributed by atoms with E-state index in [1.165, 1.54) is 49.6 Å². The van der Waals surface area contributed by atoms with Crippen LogP contribution in [0.4, 0.5) is 10.5 Å². The Kier molecular flexibility index (Phi) is 4.71. The van der Waals surface area contributed by atoms with Gasteiger partial charge >= 0.3 is 12.0 Å². The maximum Gasteiger partial charge on any atom is 0.335 e. The van der Waals surface area contributed by atoms with E-state index in [4.69, 9.17) is 9.84 Å². The van der Waals surface area contributed by atoms with Crippen LogP contribution in [0, 0.1) is 0 Å². The molecule has 136 valence electrons. The second-order valence-electron chi connectivity index (χ2n) is 5.59. The van der Waals surface area contributed by atoms with Crippen LogP contribution in [-0.2, 0) is 9.59 Å². The number of hydrogen-bond acceptors (Lipinski definition) is 5. The molecular formula is C19H14N2O6. The van der Waals surface area contributed by atoms with Crippen molar-refractivity contribution in [3.05, 3.63) is 65.2 Å². The van der Waals surface area contributed by atoms with Crippen LogP contribution in [0.3, 0.4) is 0 Å². The number of methoxy groups -OCH3 is 1. The number of amides is 4. The normalized spacial score (nSPS) is 15.7. The van der Waals surface area contributed by atoms with E-state index in [9.17, 15) is 19.2 Å². The van der Waals surface area contributed by atoms with Crippen molar-refractivity contribution in [3.63, 3.8) is 0 Å². The highest BCUT2D eigenvalue weighted by atomic mass is 16.5. The number of nitrogens with zero attached hydrogens (tertiary/aromatic N) is 1. The number of benzene rings is 2. The van der Waals surface area contributed by atoms with Crippen molar-refractivity contribution in [2.24, 2.45) is 0 Å². The number of hydrogen-bond donors (Lipinski definition) is 2. The number of nitrogens with one attached hydrogen (secondary N) is 1. The molecule has 8 heteroatoms. The molecule has 0 aromatic heterocycles. The molecule has 4 amide bonds. The Bertz CT molecular complexity index is 978. The summed E-state index contributed by atoms with van der Waals surface area (Å²) in [6.07, 6.45) is 1.29. The third kappa shape index (κ3) is 3.54. The van der Waals surface area contributed by atoms with E-state index in [1.54, 1.807) is 12.1 Å². The van der Waals surface area contributed by atoms with Crippen molar-refractivity contribution in [3.8, 4) is 5.75 Å². The fourth-order valence-corrected chi connectivity index (χ4v) is 2.53. The molecule has 1 aliphatic rings. The molecule has 2 aromatic carbocycles. The number of carbonyl (C=O) groups is 4. The minimum Gasteiger partial charge on any atom is -0.497 e. The van der Waals surface area contributed by atoms with Gasteiger partial charge < -0.3 is 9.84 Å². The lowest BCUT2D eigenvalue weighted by Gasteiger charge is -2.26. The van der Waals surface area contributed by atoms with Crippen LogP contribution in [0.1, 0.15) is 15.9 Å². The molecule has 3 rings (SSSR count). The molecular weight excluding hydrogens is 352 g/mol. The molecule has 0 bridgehead atoms. The average Bonchev–Trinajstić information content (AvgIpc) is 2.65. The van der Waals surface area contributed by atoms with Crippen molar-refractivity contribution in [2.75, 3.05) is 12.0 Å². The predicted octanol–water partition coefficient (Wildman–Crippen LogP) is 2.06. The highest BCUT2D eigenvalue weighted by molar-refractivity contribution is 6.39. The number of carboxylic acid groups (broad SMARTS) is 1. The number of anilines is 1. The third-order valence-electron chi connectivity index (χ3n) is 3.88. The summed E-state index contributed by atoms with van der Waals surface area (Å²) in [5.41, 5.74) is 0.514. The fraction of sp³-hybridized carbons (Fsp3) is 0.0526. The summed E-state index contributed by atoms with van der Waals surface area (Å²) >= 11 is 0. The molecule has 2 N–H and O–H groups in total. The van der Waals surface area contributed by atoms with Crippen molar-refractivity contribution in [1.82, 2.24) is 5.32 Å². The first-order valence-corrected chi connectivity index (χ1v) is 7.79. The summed E-state index contributed by atoms with van der Waals surface area (Å²) in [4.78, 5) is 48.8. The van der Waals surface area contributed by atoms with E-state index >= 15 is 0 Å². The van der Waals surface area contributed by atoms with Gasteiger partial charge in [0.2, 0.25) is 0 Å². The lowest BCUT2D eigenvalue weighted by atomic mass is 10.1. The molecule has 0 radical (unpaired) electrons. The number of urea groups is 1. The van der Waals surface area contributed by atoms with Gasteiger partial charge in [-0.15, -0.1) is 0 Å². The molecule has 1 saturated heterocycles. The van der Waals surface area contributed by atoms with Gasteiger partial charge in [0.05, 0.1) is 18.4 Å². The van der Waals surface area contributed by atoms with Gasteiger partial charge in [-0.1, -0.05) is 18.2 Å². The molecule has 0 unspecified atom stereocenters. The molecule has 27 heavy (non-hydrogen) atoms. The molecule has 1 heterocycles. The van der Waals surface area contributed by atoms with E-state index in [-0.39, 0.29) is 16.8 Å². The molecule has 2 aromatic rings. The molecule has 1 fully saturated rings. The smallest absolute Gasteiger partial charge is 0.335 e. The van der Waals surface area contributed by atoms with Crippen molar-refractivity contribution in [2.45, 2.75) is 0 Å². The van der Waals surface area contributed by atoms with Gasteiger partial charge in [-0.05, 0) is 35.9 Å². The van der Waals surface area contributed by atoms with Gasteiger partial charge in [-0.3, -0.25) is 14.9 Å². The predicted molar refractivity (Wildman–Crippen MR) is 95.4 cm³/mol. The van der Waals surface area contributed by atoms with Crippen LogP contribution < -0.4 is 15.0 Å². The monoisotopic (exact) mass is 366 g/mol. The number of barbiturate groups is 1. The zero-order chi connectivity index (χ0) is 19.6. The average molecular weight is 366 g/mol. The topological polar surface area (TPSA) is 113 Å². The maximum atomic E-state index is 12.8. The van der Waals surface area contributed by atoms with Gasteiger partial charge in [0, 0.05) is 6.07 Å². The summed E-state index contributed by atoms with van der Waals surface area (Å²) in [6, 6.07) is 11.1. The first-order valence-electron chi connectivity index (χ1n) is 7.79. The highest BCUT2D eigenvalue weighted by Gasteiger charge is 2.36. The van der Waals surface area contributed by atoms with Gasteiger partial charge in [0.15, 0.2) is 0 Å². The van der Waals surface area contributed by atoms with Crippen molar-refractivity contribution >= 4 is 35.6 Å². The van der Waals surface area contributed by atoms with E-state index in [0.717, 1.165) is 4.90 Å². The fourth-order valence-electron chi connectivity index (χ4n) is 2.53. The third-order valence-corrected chi connectivity index (χ3v) is 3.88. The Labute approximate surface area is 153 Å². The van der Waals surface area contributed by atoms with Crippen molar-refractivity contribution < 1.29 is 29.0 Å². The van der Waals surface area contributed by atoms with E-state index in [1.807, 2.05) is 0 Å². The molecule has 8 nitrogen and oxygen atoms in total. The summed E-state index contributed by atoms with van der Waals surface area (Å²) in [6.45, 7) is 0. The highest BCUT2D eigenvalue weighted by Crippen LogP contribution is 2.25. The second kappa shape index (κ2) is 7.12. The van der Waals surface area contributed by atoms with Gasteiger partial charge in [0.25, 0.3) is 11.8 Å². The van der Waals surface area contributed by atoms with Gasteiger partial charge in [-0.2, -0.15) is 0 Å². The zero-order valence-electron chi connectivity index (χ0n) is 14.1. The number of rotatable bonds is 4. The zero-order valence-corrected chi connectivity index (χ0v) is 14.1. The summed E-state index contributed by atoms with van der Waals surface area (Å²) in [5.74, 6) is -2.26. The standard InChI is InChI=1S/C19H14N2O6/c1-27-14-4-2-3-13(10-14)21-17(23)15(16(22)20-19(21)26)9-11-5-7-12(8-6-11)18(24)25/h2-10H,1H3,(H,24,25)(H,20,22,26)/b15-9+. The first-order chi connectivity index (χ1) is 12.9. The maximum absolute atomic E-state index is 12.8. The van der Waals surface area contributed by atoms with E-state index < -0.39 is 23.8 Å². The number of imide groups is 2. The SMILES string of the molecule is COc1cccc(N2C(=O)NC(=O)/C(=C\c3ccc(C(=O)O)cc3)C2=O)c1. The number of carbonyl (C=O) groups excluding carboxylic acids is 3. The lowest BCUT2D eigenvalue weighted by molar-refractivity contribution is -0.122. The quantitative estimate of drug-likeness (QED) is 0.633. The Morgan fingerprint density at radius 2 is 1.81 bits per heavy atom. The minimum absolute atomic E-state index is 0.0738. The van der Waals surface area contributed by atoms with E-state index in [2.05, 4.69) is 5.32 Å². The summed E-state index contributed by atoms with van der Waals surface area (Å²) in [7, 11) is 1.45. The number of carboxylic acids is 1. The first kappa shape index (κ1) is 17.9. The largest absolute Gasteiger partial charge is 0.497 e. The Morgan fingerprint density at radius 3 is 2.44 bits per heavy atom. The second-order valence-corrected chi connectivity index (χ2v) is 5.59. The van der Waals surface area contributed by atoms with Crippen LogP contribution in [-0.4, -0.2) is 36.0 Å². The molecule has 0 saturated carbocycles. The van der Waals surface area contributed by atoms with Crippen LogP contribution in [0.2, 0.25) is 0 Å². The molecule has 0 atom stereocenters. The molecule has 1 aliphatic heterocycles. The van der Waals surface area contributed by atoms with Gasteiger partial charge in [-0.25, -0.2) is 14.5 Å². The molecule has 0 aliphatic carbocycles. The number of aromatic carboxylic acids is 1. The van der Waals surface area contributed by atoms with Crippen LogP contribution in [0.5, 0.6) is 5.75 Å².